The van der Waals surface area contributed by atoms with Crippen LogP contribution in [0.15, 0.2) is 89.6 Å². The topological polar surface area (TPSA) is 155 Å². The van der Waals surface area contributed by atoms with Crippen molar-refractivity contribution in [2.24, 2.45) is 11.3 Å². The third-order valence-corrected chi connectivity index (χ3v) is 14.3. The van der Waals surface area contributed by atoms with Crippen molar-refractivity contribution in [2.75, 3.05) is 62.7 Å². The van der Waals surface area contributed by atoms with Gasteiger partial charge >= 0.3 is 0 Å². The molecule has 3 fully saturated rings. The molecule has 2 aliphatic heterocycles. The number of nitrogens with one attached hydrogen (secondary N) is 3. The van der Waals surface area contributed by atoms with Gasteiger partial charge in [-0.3, -0.25) is 24.5 Å². The molecular formula is C46H49ClFN7O6S. The molecule has 1 amide bonds. The Labute approximate surface area is 366 Å². The number of nitro groups is 1. The van der Waals surface area contributed by atoms with E-state index in [2.05, 4.69) is 41.9 Å². The zero-order chi connectivity index (χ0) is 42.8. The summed E-state index contributed by atoms with van der Waals surface area (Å²) >= 11 is 6.28. The maximum absolute atomic E-state index is 15.5. The molecule has 2 saturated heterocycles. The van der Waals surface area contributed by atoms with Crippen molar-refractivity contribution >= 4 is 62.2 Å². The summed E-state index contributed by atoms with van der Waals surface area (Å²) in [5.41, 5.74) is 5.46. The number of benzene rings is 3. The van der Waals surface area contributed by atoms with E-state index in [1.807, 2.05) is 24.3 Å². The highest BCUT2D eigenvalue weighted by Gasteiger charge is 2.41. The lowest BCUT2D eigenvalue weighted by molar-refractivity contribution is -0.384. The number of H-pyrrole nitrogens is 1. The normalized spacial score (nSPS) is 18.7. The predicted octanol–water partition coefficient (Wildman–Crippen LogP) is 9.28. The van der Waals surface area contributed by atoms with Gasteiger partial charge in [-0.1, -0.05) is 35.7 Å². The number of halogens is 2. The number of allylic oxidation sites excluding steroid dienone is 1. The lowest BCUT2D eigenvalue weighted by Gasteiger charge is -2.47. The summed E-state index contributed by atoms with van der Waals surface area (Å²) in [6, 6.07) is 19.2. The lowest BCUT2D eigenvalue weighted by atomic mass is 9.59. The van der Waals surface area contributed by atoms with Gasteiger partial charge in [0.1, 0.15) is 22.8 Å². The minimum Gasteiger partial charge on any atom is -0.455 e. The fourth-order valence-corrected chi connectivity index (χ4v) is 10.2. The van der Waals surface area contributed by atoms with Crippen LogP contribution in [-0.2, 0) is 15.7 Å². The number of hydrogen-bond acceptors (Lipinski definition) is 10. The summed E-state index contributed by atoms with van der Waals surface area (Å²) in [6.45, 7) is 5.60. The Balaban J connectivity index is 0.919. The molecule has 13 nitrogen and oxygen atoms in total. The summed E-state index contributed by atoms with van der Waals surface area (Å²) in [5, 5.41) is 16.5. The Hall–Kier alpha value is -5.35. The molecule has 0 radical (unpaired) electrons. The zero-order valence-corrected chi connectivity index (χ0v) is 35.9. The average Bonchev–Trinajstić information content (AvgIpc) is 3.74. The SMILES string of the molecule is O=C(NS(=O)c1cc(F)c(NCC2CCOCC2)c([N+](=O)[O-])c1)c1ccc(N2CCN(CC3=C(c4ccc(Cl)cc4)CC4(CCC4)CC3)CC2)cc1Oc1cnc2[nH]ccc2c1. The molecule has 2 aliphatic carbocycles. The molecule has 3 N–H and O–H groups in total. The zero-order valence-electron chi connectivity index (χ0n) is 34.3. The molecule has 1 saturated carbocycles. The maximum atomic E-state index is 15.5. The Kier molecular flexibility index (Phi) is 12.3. The fraction of sp³-hybridized carbons (Fsp3) is 0.391. The Morgan fingerprint density at radius 1 is 1.05 bits per heavy atom. The smallest absolute Gasteiger partial charge is 0.296 e. The minimum atomic E-state index is -2.36. The number of rotatable bonds is 13. The number of piperazine rings is 1. The van der Waals surface area contributed by atoms with Crippen LogP contribution in [0, 0.1) is 27.3 Å². The van der Waals surface area contributed by atoms with E-state index in [0.717, 1.165) is 86.6 Å². The second-order valence-electron chi connectivity index (χ2n) is 16.9. The molecule has 0 bridgehead atoms. The number of anilines is 2. The van der Waals surface area contributed by atoms with E-state index in [4.69, 9.17) is 21.1 Å². The van der Waals surface area contributed by atoms with Gasteiger partial charge in [0.05, 0.1) is 21.6 Å². The monoisotopic (exact) mass is 881 g/mol. The molecular weight excluding hydrogens is 833 g/mol. The van der Waals surface area contributed by atoms with E-state index < -0.39 is 33.3 Å². The largest absolute Gasteiger partial charge is 0.455 e. The molecule has 16 heteroatoms. The van der Waals surface area contributed by atoms with Crippen molar-refractivity contribution in [3.8, 4) is 11.5 Å². The van der Waals surface area contributed by atoms with Crippen LogP contribution in [0.3, 0.4) is 0 Å². The van der Waals surface area contributed by atoms with Crippen LogP contribution in [0.2, 0.25) is 5.02 Å². The number of amides is 1. The Bertz CT molecular complexity index is 2530. The van der Waals surface area contributed by atoms with Crippen molar-refractivity contribution in [3.63, 3.8) is 0 Å². The van der Waals surface area contributed by atoms with Crippen molar-refractivity contribution in [1.29, 1.82) is 0 Å². The first-order valence-corrected chi connectivity index (χ1v) is 22.8. The molecule has 2 aromatic heterocycles. The van der Waals surface area contributed by atoms with Gasteiger partial charge in [0, 0.05) is 86.9 Å². The first-order valence-electron chi connectivity index (χ1n) is 21.3. The number of nitro benzene ring substituents is 1. The van der Waals surface area contributed by atoms with Gasteiger partial charge in [-0.2, -0.15) is 0 Å². The lowest BCUT2D eigenvalue weighted by Crippen LogP contribution is -2.47. The number of aromatic nitrogens is 2. The highest BCUT2D eigenvalue weighted by molar-refractivity contribution is 7.83. The average molecular weight is 882 g/mol. The van der Waals surface area contributed by atoms with Crippen LogP contribution < -0.4 is 19.7 Å². The number of pyridine rings is 1. The standard InChI is InChI=1S/C46H49ClFN7O6S/c47-34-4-2-31(3-5-34)39-26-46(12-1-13-46)14-8-33(39)29-53-16-18-54(19-17-53)35-6-7-38(42(23-35)61-36-22-32-9-15-49-44(32)51-28-36)45(56)52-62(59)37-24-40(48)43(41(25-37)55(57)58)50-27-30-10-20-60-21-11-30/h2-7,9,15,22-25,28,30,50H,1,8,10-14,16-21,26-27,29H2,(H,49,51)(H,52,56). The van der Waals surface area contributed by atoms with Crippen LogP contribution in [0.25, 0.3) is 16.6 Å². The van der Waals surface area contributed by atoms with Crippen molar-refractivity contribution in [2.45, 2.75) is 56.3 Å². The molecule has 62 heavy (non-hydrogen) atoms. The third-order valence-electron chi connectivity index (χ3n) is 13.1. The molecule has 5 aromatic rings. The summed E-state index contributed by atoms with van der Waals surface area (Å²) in [7, 11) is -2.36. The number of carbonyl (C=O) groups is 1. The number of fused-ring (bicyclic) bond motifs is 1. The second-order valence-corrected chi connectivity index (χ2v) is 18.6. The number of hydrogen-bond donors (Lipinski definition) is 3. The highest BCUT2D eigenvalue weighted by atomic mass is 35.5. The first-order chi connectivity index (χ1) is 30.1. The van der Waals surface area contributed by atoms with Gasteiger partial charge in [0.2, 0.25) is 0 Å². The second kappa shape index (κ2) is 18.2. The summed E-state index contributed by atoms with van der Waals surface area (Å²) in [4.78, 5) is 37.3. The molecule has 9 rings (SSSR count). The van der Waals surface area contributed by atoms with Crippen molar-refractivity contribution < 1.29 is 27.8 Å². The van der Waals surface area contributed by atoms with Crippen LogP contribution in [-0.4, -0.2) is 82.4 Å². The molecule has 4 heterocycles. The van der Waals surface area contributed by atoms with E-state index in [-0.39, 0.29) is 27.8 Å². The molecule has 1 atom stereocenters. The molecule has 1 unspecified atom stereocenters. The quantitative estimate of drug-likeness (QED) is 0.0770. The van der Waals surface area contributed by atoms with Crippen LogP contribution in [0.4, 0.5) is 21.5 Å². The number of ether oxygens (including phenoxy) is 2. The molecule has 324 valence electrons. The van der Waals surface area contributed by atoms with Gasteiger partial charge < -0.3 is 24.7 Å². The highest BCUT2D eigenvalue weighted by Crippen LogP contribution is 2.55. The van der Waals surface area contributed by atoms with E-state index in [9.17, 15) is 19.1 Å². The molecule has 4 aliphatic rings. The van der Waals surface area contributed by atoms with E-state index in [1.54, 1.807) is 30.6 Å². The van der Waals surface area contributed by atoms with Crippen LogP contribution >= 0.6 is 11.6 Å². The van der Waals surface area contributed by atoms with Gasteiger partial charge in [-0.25, -0.2) is 13.6 Å². The fourth-order valence-electron chi connectivity index (χ4n) is 9.30. The number of carbonyl (C=O) groups excluding carboxylic acids is 1. The van der Waals surface area contributed by atoms with E-state index in [1.165, 1.54) is 42.4 Å². The maximum Gasteiger partial charge on any atom is 0.296 e. The van der Waals surface area contributed by atoms with Gasteiger partial charge in [-0.05, 0) is 110 Å². The molecule has 1 spiro atoms. The van der Waals surface area contributed by atoms with E-state index in [0.29, 0.717) is 36.6 Å². The van der Waals surface area contributed by atoms with Gasteiger partial charge in [0.25, 0.3) is 11.6 Å². The van der Waals surface area contributed by atoms with E-state index >= 15 is 4.39 Å². The van der Waals surface area contributed by atoms with Crippen LogP contribution in [0.5, 0.6) is 11.5 Å². The summed E-state index contributed by atoms with van der Waals surface area (Å²) in [6.07, 6.45) is 12.3. The third kappa shape index (κ3) is 9.22. The molecule has 3 aromatic carbocycles. The van der Waals surface area contributed by atoms with Gasteiger partial charge in [-0.15, -0.1) is 0 Å². The van der Waals surface area contributed by atoms with Gasteiger partial charge in [0.15, 0.2) is 16.8 Å². The number of nitrogens with zero attached hydrogens (tertiary/aromatic N) is 4. The van der Waals surface area contributed by atoms with Crippen molar-refractivity contribution in [1.82, 2.24) is 19.6 Å². The minimum absolute atomic E-state index is 0.0721. The summed E-state index contributed by atoms with van der Waals surface area (Å²) in [5.74, 6) is -0.953. The summed E-state index contributed by atoms with van der Waals surface area (Å²) < 4.78 is 43.2. The Morgan fingerprint density at radius 3 is 2.58 bits per heavy atom. The predicted molar refractivity (Wildman–Crippen MR) is 239 cm³/mol. The number of aromatic amines is 1. The Morgan fingerprint density at radius 2 is 1.84 bits per heavy atom. The first kappa shape index (κ1) is 42.0. The van der Waals surface area contributed by atoms with Crippen LogP contribution in [0.1, 0.15) is 67.3 Å². The van der Waals surface area contributed by atoms with Crippen molar-refractivity contribution in [3.05, 3.63) is 117 Å².